The van der Waals surface area contributed by atoms with Gasteiger partial charge in [-0.25, -0.2) is 0 Å². The van der Waals surface area contributed by atoms with Gasteiger partial charge in [-0.2, -0.15) is 0 Å². The highest BCUT2D eigenvalue weighted by atomic mass is 14.9. The van der Waals surface area contributed by atoms with Crippen molar-refractivity contribution in [2.75, 3.05) is 118 Å². The molecule has 14 nitrogen and oxygen atoms in total. The Morgan fingerprint density at radius 3 is 0.520 bits per heavy atom. The molecule has 0 bridgehead atoms. The van der Waals surface area contributed by atoms with E-state index in [0.29, 0.717) is 13.1 Å². The number of unbranched alkanes of at least 4 members (excludes halogenated alkanes) is 12. The van der Waals surface area contributed by atoms with Crippen molar-refractivity contribution >= 4 is 0 Å². The molecule has 0 amide bonds. The van der Waals surface area contributed by atoms with Crippen LogP contribution < -0.4 is 78.6 Å². The third-order valence-electron chi connectivity index (χ3n) is 7.15. The smallest absolute Gasteiger partial charge is 0.00745 e. The molecular weight excluding hydrogens is 628 g/mol. The lowest BCUT2D eigenvalue weighted by molar-refractivity contribution is 0.557. The van der Waals surface area contributed by atoms with Crippen molar-refractivity contribution in [3.8, 4) is 0 Å². The summed E-state index contributed by atoms with van der Waals surface area (Å²) < 4.78 is 0. The van der Waals surface area contributed by atoms with Crippen LogP contribution in [0.4, 0.5) is 0 Å². The predicted molar refractivity (Wildman–Crippen MR) is 225 cm³/mol. The highest BCUT2D eigenvalue weighted by Gasteiger charge is 1.92. The van der Waals surface area contributed by atoms with Gasteiger partial charge < -0.3 is 78.6 Å². The first-order valence-corrected chi connectivity index (χ1v) is 20.4. The topological polar surface area (TPSA) is 308 Å². The second-order valence-electron chi connectivity index (χ2n) is 12.3. The second kappa shape index (κ2) is 70.1. The van der Waals surface area contributed by atoms with E-state index in [-0.39, 0.29) is 0 Å². The lowest BCUT2D eigenvalue weighted by Crippen LogP contribution is -2.23. The van der Waals surface area contributed by atoms with Gasteiger partial charge in [-0.15, -0.1) is 0 Å². The van der Waals surface area contributed by atoms with Gasteiger partial charge in [-0.3, -0.25) is 0 Å². The molecule has 0 aromatic rings. The van der Waals surface area contributed by atoms with Gasteiger partial charge in [0.2, 0.25) is 0 Å². The summed E-state index contributed by atoms with van der Waals surface area (Å²) in [5.74, 6) is 0. The number of rotatable bonds is 35. The van der Waals surface area contributed by atoms with Crippen LogP contribution in [0.3, 0.4) is 0 Å². The first-order valence-electron chi connectivity index (χ1n) is 20.4. The van der Waals surface area contributed by atoms with Crippen LogP contribution in [-0.4, -0.2) is 118 Å². The average molecular weight is 725 g/mol. The molecule has 0 spiro atoms. The van der Waals surface area contributed by atoms with E-state index in [0.717, 1.165) is 143 Å². The van der Waals surface area contributed by atoms with Crippen molar-refractivity contribution in [3.05, 3.63) is 0 Å². The maximum absolute atomic E-state index is 5.42. The van der Waals surface area contributed by atoms with Gasteiger partial charge in [-0.1, -0.05) is 38.5 Å². The molecule has 0 atom stereocenters. The fraction of sp³-hybridized carbons (Fsp3) is 1.00. The molecule has 0 aromatic heterocycles. The van der Waals surface area contributed by atoms with E-state index >= 15 is 0 Å². The van der Waals surface area contributed by atoms with E-state index in [2.05, 4.69) is 21.3 Å². The summed E-state index contributed by atoms with van der Waals surface area (Å²) in [6, 6.07) is 0. The Labute approximate surface area is 311 Å². The van der Waals surface area contributed by atoms with Crippen molar-refractivity contribution in [3.63, 3.8) is 0 Å². The van der Waals surface area contributed by atoms with Gasteiger partial charge in [0.15, 0.2) is 0 Å². The maximum Gasteiger partial charge on any atom is 0.00745 e. The molecular formula is C36H96N14. The fourth-order valence-electron chi connectivity index (χ4n) is 4.13. The Balaban J connectivity index is -0.000000179. The first-order chi connectivity index (χ1) is 24.6. The Hall–Kier alpha value is -0.560. The molecule has 0 saturated carbocycles. The van der Waals surface area contributed by atoms with Crippen molar-refractivity contribution in [2.24, 2.45) is 57.3 Å². The molecule has 0 fully saturated rings. The second-order valence-corrected chi connectivity index (χ2v) is 12.3. The van der Waals surface area contributed by atoms with Crippen molar-refractivity contribution in [2.45, 2.75) is 116 Å². The van der Waals surface area contributed by atoms with Crippen LogP contribution in [-0.2, 0) is 0 Å². The largest absolute Gasteiger partial charge is 0.330 e. The minimum absolute atomic E-state index is 0.597. The zero-order valence-electron chi connectivity index (χ0n) is 33.2. The number of hydrogen-bond donors (Lipinski definition) is 14. The molecule has 0 unspecified atom stereocenters. The summed E-state index contributed by atoms with van der Waals surface area (Å²) in [7, 11) is 0. The van der Waals surface area contributed by atoms with Crippen LogP contribution >= 0.6 is 0 Å². The lowest BCUT2D eigenvalue weighted by Gasteiger charge is -2.05. The summed E-state index contributed by atoms with van der Waals surface area (Å²) in [4.78, 5) is 0. The summed E-state index contributed by atoms with van der Waals surface area (Å²) in [5, 5.41) is 13.4. The Morgan fingerprint density at radius 2 is 0.340 bits per heavy atom. The van der Waals surface area contributed by atoms with E-state index in [9.17, 15) is 0 Å². The third kappa shape index (κ3) is 86.3. The number of hydrogen-bond acceptors (Lipinski definition) is 14. The minimum atomic E-state index is 0.597. The normalized spacial score (nSPS) is 10.2. The Bertz CT molecular complexity index is 431. The summed E-state index contributed by atoms with van der Waals surface area (Å²) in [6.45, 7) is 16.2. The molecule has 14 heteroatoms. The monoisotopic (exact) mass is 725 g/mol. The van der Waals surface area contributed by atoms with E-state index in [1.54, 1.807) is 0 Å². The molecule has 0 heterocycles. The van der Waals surface area contributed by atoms with E-state index < -0.39 is 0 Å². The molecule has 0 saturated heterocycles. The minimum Gasteiger partial charge on any atom is -0.330 e. The van der Waals surface area contributed by atoms with Crippen LogP contribution in [0.1, 0.15) is 116 Å². The zero-order valence-corrected chi connectivity index (χ0v) is 33.2. The molecule has 0 rings (SSSR count). The molecule has 0 aromatic carbocycles. The molecule has 310 valence electrons. The number of nitrogens with one attached hydrogen (secondary N) is 4. The SMILES string of the molecule is NCCCCCN.NCCCCCNCCCCCN.NCCCCCNCCCCCNCCN.NCCCCCNCCN.NCCN. The number of nitrogens with two attached hydrogens (primary N) is 10. The van der Waals surface area contributed by atoms with E-state index in [1.807, 2.05) is 0 Å². The summed E-state index contributed by atoms with van der Waals surface area (Å²) >= 11 is 0. The van der Waals surface area contributed by atoms with Gasteiger partial charge in [0, 0.05) is 39.3 Å². The molecule has 0 aliphatic rings. The summed E-state index contributed by atoms with van der Waals surface area (Å²) in [6.07, 6.45) is 21.9. The molecule has 24 N–H and O–H groups in total. The van der Waals surface area contributed by atoms with Crippen molar-refractivity contribution in [1.29, 1.82) is 0 Å². The quantitative estimate of drug-likeness (QED) is 0.0380. The highest BCUT2D eigenvalue weighted by molar-refractivity contribution is 4.54. The van der Waals surface area contributed by atoms with Gasteiger partial charge >= 0.3 is 0 Å². The molecule has 0 aliphatic carbocycles. The molecule has 0 radical (unpaired) electrons. The maximum atomic E-state index is 5.42. The van der Waals surface area contributed by atoms with Crippen molar-refractivity contribution < 1.29 is 0 Å². The fourth-order valence-corrected chi connectivity index (χ4v) is 4.13. The Morgan fingerprint density at radius 1 is 0.160 bits per heavy atom. The highest BCUT2D eigenvalue weighted by Crippen LogP contribution is 1.95. The van der Waals surface area contributed by atoms with Gasteiger partial charge in [0.1, 0.15) is 0 Å². The van der Waals surface area contributed by atoms with Gasteiger partial charge in [0.25, 0.3) is 0 Å². The van der Waals surface area contributed by atoms with Gasteiger partial charge in [0.05, 0.1) is 0 Å². The lowest BCUT2D eigenvalue weighted by atomic mass is 10.2. The summed E-state index contributed by atoms with van der Waals surface area (Å²) in [5.41, 5.74) is 52.5. The van der Waals surface area contributed by atoms with Crippen LogP contribution in [0.25, 0.3) is 0 Å². The Kier molecular flexibility index (Phi) is 82.3. The predicted octanol–water partition coefficient (Wildman–Crippen LogP) is -0.101. The van der Waals surface area contributed by atoms with Crippen molar-refractivity contribution in [1.82, 2.24) is 21.3 Å². The first kappa shape index (κ1) is 58.7. The zero-order chi connectivity index (χ0) is 38.3. The third-order valence-corrected chi connectivity index (χ3v) is 7.15. The van der Waals surface area contributed by atoms with Crippen LogP contribution in [0.2, 0.25) is 0 Å². The molecule has 50 heavy (non-hydrogen) atoms. The average Bonchev–Trinajstić information content (AvgIpc) is 3.14. The van der Waals surface area contributed by atoms with Crippen LogP contribution in [0.5, 0.6) is 0 Å². The molecule has 0 aliphatic heterocycles. The van der Waals surface area contributed by atoms with Gasteiger partial charge in [-0.05, 0) is 156 Å². The van der Waals surface area contributed by atoms with E-state index in [4.69, 9.17) is 57.3 Å². The standard InChI is InChI=1S/C12H30N4.C10H25N3.C7H19N3.C5H14N2.C2H8N2/c13-7-3-1-4-9-15-10-5-2-6-11-16-12-8-14;11-7-3-1-5-9-13-10-6-2-4-8-12;8-4-2-1-3-6-10-7-5-9;6-4-2-1-3-5-7;3-1-2-4/h15-16H,1-14H2;13H,1-12H2;10H,1-9H2;1-7H2;1-4H2. The van der Waals surface area contributed by atoms with Crippen LogP contribution in [0, 0.1) is 0 Å². The van der Waals surface area contributed by atoms with E-state index in [1.165, 1.54) is 77.0 Å². The van der Waals surface area contributed by atoms with Crippen LogP contribution in [0.15, 0.2) is 0 Å².